The van der Waals surface area contributed by atoms with Crippen molar-refractivity contribution in [2.45, 2.75) is 38.5 Å². The molecule has 1 saturated heterocycles. The van der Waals surface area contributed by atoms with E-state index in [1.54, 1.807) is 13.8 Å². The van der Waals surface area contributed by atoms with Crippen LogP contribution in [0.1, 0.15) is 25.8 Å². The molecule has 156 valence electrons. The normalized spacial score (nSPS) is 19.9. The Morgan fingerprint density at radius 3 is 2.43 bits per heavy atom. The number of rotatable bonds is 5. The number of sulfone groups is 1. The first-order chi connectivity index (χ1) is 12.9. The number of benzene rings is 1. The zero-order valence-electron chi connectivity index (χ0n) is 15.3. The largest absolute Gasteiger partial charge is 0.416 e. The molecular formula is C17H22F3N3O4S. The lowest BCUT2D eigenvalue weighted by molar-refractivity contribution is -0.137. The van der Waals surface area contributed by atoms with Gasteiger partial charge in [-0.1, -0.05) is 19.9 Å². The number of urea groups is 1. The molecule has 1 aliphatic heterocycles. The van der Waals surface area contributed by atoms with Crippen LogP contribution in [0.5, 0.6) is 0 Å². The van der Waals surface area contributed by atoms with Gasteiger partial charge in [0.2, 0.25) is 5.91 Å². The summed E-state index contributed by atoms with van der Waals surface area (Å²) in [5.74, 6) is -1.21. The number of carbonyl (C=O) groups excluding carboxylic acids is 2. The van der Waals surface area contributed by atoms with Gasteiger partial charge in [-0.3, -0.25) is 4.79 Å². The Morgan fingerprint density at radius 1 is 1.21 bits per heavy atom. The van der Waals surface area contributed by atoms with Crippen LogP contribution in [0.2, 0.25) is 0 Å². The molecule has 1 fully saturated rings. The molecule has 0 saturated carbocycles. The minimum Gasteiger partial charge on any atom is -0.334 e. The highest BCUT2D eigenvalue weighted by Gasteiger charge is 2.32. The number of halogens is 3. The lowest BCUT2D eigenvalue weighted by atomic mass is 10.0. The van der Waals surface area contributed by atoms with Crippen LogP contribution in [0.4, 0.5) is 23.7 Å². The summed E-state index contributed by atoms with van der Waals surface area (Å²) in [7, 11) is -3.17. The van der Waals surface area contributed by atoms with Crippen molar-refractivity contribution in [3.63, 3.8) is 0 Å². The molecular weight excluding hydrogens is 399 g/mol. The number of anilines is 1. The summed E-state index contributed by atoms with van der Waals surface area (Å²) < 4.78 is 61.3. The predicted molar refractivity (Wildman–Crippen MR) is 97.4 cm³/mol. The predicted octanol–water partition coefficient (Wildman–Crippen LogP) is 2.15. The van der Waals surface area contributed by atoms with Gasteiger partial charge in [0.1, 0.15) is 6.04 Å². The van der Waals surface area contributed by atoms with Gasteiger partial charge in [0.15, 0.2) is 9.84 Å². The quantitative estimate of drug-likeness (QED) is 0.678. The summed E-state index contributed by atoms with van der Waals surface area (Å²) in [4.78, 5) is 24.6. The smallest absolute Gasteiger partial charge is 0.334 e. The average molecular weight is 421 g/mol. The maximum absolute atomic E-state index is 12.8. The fourth-order valence-electron chi connectivity index (χ4n) is 2.81. The lowest BCUT2D eigenvalue weighted by Gasteiger charge is -2.23. The second-order valence-electron chi connectivity index (χ2n) is 7.01. The van der Waals surface area contributed by atoms with Crippen molar-refractivity contribution >= 4 is 27.5 Å². The summed E-state index contributed by atoms with van der Waals surface area (Å²) in [6.45, 7) is 3.33. The molecule has 1 aliphatic rings. The summed E-state index contributed by atoms with van der Waals surface area (Å²) in [6, 6.07) is 1.91. The number of carbonyl (C=O) groups is 2. The Bertz CT molecular complexity index is 840. The van der Waals surface area contributed by atoms with E-state index < -0.39 is 45.6 Å². The van der Waals surface area contributed by atoms with Crippen molar-refractivity contribution in [2.75, 3.05) is 16.8 Å². The molecule has 0 aromatic heterocycles. The molecule has 0 aliphatic carbocycles. The minimum atomic E-state index is -4.54. The maximum atomic E-state index is 12.8. The number of hydrogen-bond donors (Lipinski definition) is 3. The number of hydrogen-bond acceptors (Lipinski definition) is 4. The van der Waals surface area contributed by atoms with Crippen molar-refractivity contribution in [1.29, 1.82) is 0 Å². The summed E-state index contributed by atoms with van der Waals surface area (Å²) in [6.07, 6.45) is -4.25. The zero-order chi connectivity index (χ0) is 21.1. The molecule has 11 heteroatoms. The number of amides is 3. The Kier molecular flexibility index (Phi) is 6.58. The van der Waals surface area contributed by atoms with E-state index in [1.807, 2.05) is 0 Å². The standard InChI is InChI=1S/C17H22F3N3O4S/c1-10(2)14(23-16(25)22-13-6-7-28(26,27)9-13)15(24)21-12-5-3-4-11(8-12)17(18,19)20/h3-5,8,10,13-14H,6-7,9H2,1-2H3,(H,21,24)(H2,22,23,25)/t13-,14-/m0/s1. The highest BCUT2D eigenvalue weighted by Crippen LogP contribution is 2.30. The van der Waals surface area contributed by atoms with Crippen LogP contribution in [-0.2, 0) is 20.8 Å². The topological polar surface area (TPSA) is 104 Å². The van der Waals surface area contributed by atoms with Gasteiger partial charge in [0, 0.05) is 11.7 Å². The first kappa shape index (κ1) is 22.0. The van der Waals surface area contributed by atoms with Crippen LogP contribution in [0.15, 0.2) is 24.3 Å². The third-order valence-corrected chi connectivity index (χ3v) is 6.03. The van der Waals surface area contributed by atoms with Crippen LogP contribution in [0, 0.1) is 5.92 Å². The minimum absolute atomic E-state index is 0.0123. The van der Waals surface area contributed by atoms with E-state index in [4.69, 9.17) is 0 Å². The molecule has 1 aromatic carbocycles. The molecule has 1 aromatic rings. The van der Waals surface area contributed by atoms with Crippen LogP contribution in [-0.4, -0.2) is 43.9 Å². The van der Waals surface area contributed by atoms with Gasteiger partial charge in [-0.25, -0.2) is 13.2 Å². The molecule has 3 amide bonds. The lowest BCUT2D eigenvalue weighted by Crippen LogP contribution is -2.52. The summed E-state index contributed by atoms with van der Waals surface area (Å²) >= 11 is 0. The van der Waals surface area contributed by atoms with E-state index in [9.17, 15) is 31.2 Å². The van der Waals surface area contributed by atoms with Crippen molar-refractivity contribution < 1.29 is 31.2 Å². The fourth-order valence-corrected chi connectivity index (χ4v) is 4.48. The Morgan fingerprint density at radius 2 is 1.89 bits per heavy atom. The molecule has 0 spiro atoms. The van der Waals surface area contributed by atoms with Gasteiger partial charge in [-0.15, -0.1) is 0 Å². The van der Waals surface area contributed by atoms with Crippen LogP contribution < -0.4 is 16.0 Å². The van der Waals surface area contributed by atoms with Crippen molar-refractivity contribution in [1.82, 2.24) is 10.6 Å². The molecule has 1 heterocycles. The summed E-state index contributed by atoms with van der Waals surface area (Å²) in [5, 5.41) is 7.34. The first-order valence-electron chi connectivity index (χ1n) is 8.63. The van der Waals surface area contributed by atoms with Crippen molar-refractivity contribution in [2.24, 2.45) is 5.92 Å². The van der Waals surface area contributed by atoms with Gasteiger partial charge in [0.05, 0.1) is 17.1 Å². The molecule has 0 radical (unpaired) electrons. The van der Waals surface area contributed by atoms with Gasteiger partial charge in [-0.05, 0) is 30.5 Å². The summed E-state index contributed by atoms with van der Waals surface area (Å²) in [5.41, 5.74) is -0.950. The van der Waals surface area contributed by atoms with E-state index in [1.165, 1.54) is 12.1 Å². The fraction of sp³-hybridized carbons (Fsp3) is 0.529. The molecule has 28 heavy (non-hydrogen) atoms. The first-order valence-corrected chi connectivity index (χ1v) is 10.4. The van der Waals surface area contributed by atoms with Crippen LogP contribution in [0.25, 0.3) is 0 Å². The van der Waals surface area contributed by atoms with E-state index >= 15 is 0 Å². The second-order valence-corrected chi connectivity index (χ2v) is 9.24. The second kappa shape index (κ2) is 8.38. The molecule has 0 bridgehead atoms. The number of nitrogens with one attached hydrogen (secondary N) is 3. The zero-order valence-corrected chi connectivity index (χ0v) is 16.2. The maximum Gasteiger partial charge on any atom is 0.416 e. The van der Waals surface area contributed by atoms with Crippen molar-refractivity contribution in [3.8, 4) is 0 Å². The van der Waals surface area contributed by atoms with E-state index in [0.717, 1.165) is 12.1 Å². The SMILES string of the molecule is CC(C)[C@H](NC(=O)N[C@H]1CCS(=O)(=O)C1)C(=O)Nc1cccc(C(F)(F)F)c1. The highest BCUT2D eigenvalue weighted by molar-refractivity contribution is 7.91. The van der Waals surface area contributed by atoms with E-state index in [2.05, 4.69) is 16.0 Å². The Hall–Kier alpha value is -2.30. The third kappa shape index (κ3) is 6.11. The van der Waals surface area contributed by atoms with Crippen LogP contribution >= 0.6 is 0 Å². The molecule has 2 atom stereocenters. The Labute approximate surface area is 161 Å². The Balaban J connectivity index is 2.01. The molecule has 2 rings (SSSR count). The van der Waals surface area contributed by atoms with Gasteiger partial charge >= 0.3 is 12.2 Å². The average Bonchev–Trinajstić information content (AvgIpc) is 2.90. The van der Waals surface area contributed by atoms with E-state index in [-0.39, 0.29) is 23.1 Å². The monoisotopic (exact) mass is 421 g/mol. The van der Waals surface area contributed by atoms with Crippen LogP contribution in [0.3, 0.4) is 0 Å². The van der Waals surface area contributed by atoms with Gasteiger partial charge in [-0.2, -0.15) is 13.2 Å². The third-order valence-electron chi connectivity index (χ3n) is 4.26. The molecule has 7 nitrogen and oxygen atoms in total. The number of alkyl halides is 3. The van der Waals surface area contributed by atoms with Gasteiger partial charge in [0.25, 0.3) is 0 Å². The molecule has 0 unspecified atom stereocenters. The van der Waals surface area contributed by atoms with Crippen molar-refractivity contribution in [3.05, 3.63) is 29.8 Å². The molecule has 3 N–H and O–H groups in total. The highest BCUT2D eigenvalue weighted by atomic mass is 32.2. The van der Waals surface area contributed by atoms with E-state index in [0.29, 0.717) is 6.42 Å². The van der Waals surface area contributed by atoms with Gasteiger partial charge < -0.3 is 16.0 Å².